The number of aliphatic imine (C=N–C) groups is 1. The van der Waals surface area contributed by atoms with E-state index in [0.717, 1.165) is 0 Å². The van der Waals surface area contributed by atoms with Gasteiger partial charge in [0.05, 0.1) is 0 Å². The summed E-state index contributed by atoms with van der Waals surface area (Å²) in [6.45, 7) is 8.79. The van der Waals surface area contributed by atoms with Crippen LogP contribution >= 0.6 is 0 Å². The molecular formula is C21H28N2Se. The van der Waals surface area contributed by atoms with E-state index >= 15 is 0 Å². The third-order valence-electron chi connectivity index (χ3n) is 3.38. The fourth-order valence-corrected chi connectivity index (χ4v) is 4.98. The van der Waals surface area contributed by atoms with Gasteiger partial charge in [-0.3, -0.25) is 0 Å². The molecular weight excluding hydrogens is 359 g/mol. The van der Waals surface area contributed by atoms with Crippen LogP contribution < -0.4 is 4.90 Å². The van der Waals surface area contributed by atoms with Gasteiger partial charge in [-0.05, 0) is 0 Å². The standard InChI is InChI=1S/C21H28N2Se/c1-5-6-17-24-20(22-21(2,3)4)23(18-13-9-7-10-14-18)19-15-11-8-12-16-19/h7-16H,5-6,17H2,1-4H3. The van der Waals surface area contributed by atoms with Gasteiger partial charge in [0.1, 0.15) is 0 Å². The summed E-state index contributed by atoms with van der Waals surface area (Å²) in [6, 6.07) is 21.2. The van der Waals surface area contributed by atoms with Crippen molar-refractivity contribution in [3.8, 4) is 0 Å². The fraction of sp³-hybridized carbons (Fsp3) is 0.381. The van der Waals surface area contributed by atoms with Crippen LogP contribution in [0.25, 0.3) is 0 Å². The number of hydrogen-bond acceptors (Lipinski definition) is 1. The minimum atomic E-state index is -0.0783. The maximum atomic E-state index is 5.10. The molecule has 128 valence electrons. The first-order chi connectivity index (χ1) is 11.5. The molecule has 0 aliphatic rings. The molecule has 0 heterocycles. The minimum absolute atomic E-state index is 0.0783. The quantitative estimate of drug-likeness (QED) is 0.261. The Balaban J connectivity index is 2.46. The summed E-state index contributed by atoms with van der Waals surface area (Å²) in [6.07, 6.45) is 2.50. The number of rotatable bonds is 6. The Labute approximate surface area is 153 Å². The predicted molar refractivity (Wildman–Crippen MR) is 108 cm³/mol. The number of anilines is 2. The van der Waals surface area contributed by atoms with E-state index in [2.05, 4.69) is 93.3 Å². The molecule has 0 amide bonds. The van der Waals surface area contributed by atoms with Crippen molar-refractivity contribution in [2.75, 3.05) is 4.90 Å². The Morgan fingerprint density at radius 2 is 1.42 bits per heavy atom. The van der Waals surface area contributed by atoms with E-state index in [1.54, 1.807) is 0 Å². The van der Waals surface area contributed by atoms with Crippen molar-refractivity contribution in [3.63, 3.8) is 0 Å². The molecule has 2 rings (SSSR count). The van der Waals surface area contributed by atoms with Gasteiger partial charge in [0.2, 0.25) is 0 Å². The van der Waals surface area contributed by atoms with Crippen LogP contribution in [0.15, 0.2) is 65.7 Å². The molecule has 0 radical (unpaired) electrons. The first-order valence-electron chi connectivity index (χ1n) is 8.64. The van der Waals surface area contributed by atoms with Crippen LogP contribution in [0.1, 0.15) is 40.5 Å². The predicted octanol–water partition coefficient (Wildman–Crippen LogP) is 5.90. The van der Waals surface area contributed by atoms with E-state index in [-0.39, 0.29) is 5.54 Å². The van der Waals surface area contributed by atoms with Gasteiger partial charge in [0.25, 0.3) is 0 Å². The number of para-hydroxylation sites is 2. The average molecular weight is 387 g/mol. The molecule has 0 bridgehead atoms. The van der Waals surface area contributed by atoms with E-state index in [1.165, 1.54) is 34.3 Å². The zero-order chi connectivity index (χ0) is 17.4. The van der Waals surface area contributed by atoms with Crippen LogP contribution in [0.3, 0.4) is 0 Å². The molecule has 0 saturated carbocycles. The second-order valence-corrected chi connectivity index (χ2v) is 9.00. The Morgan fingerprint density at radius 3 is 1.83 bits per heavy atom. The second kappa shape index (κ2) is 9.05. The third kappa shape index (κ3) is 5.81. The molecule has 0 fully saturated rings. The molecule has 24 heavy (non-hydrogen) atoms. The van der Waals surface area contributed by atoms with Crippen molar-refractivity contribution in [2.45, 2.75) is 51.4 Å². The Hall–Kier alpha value is -1.57. The van der Waals surface area contributed by atoms with Crippen molar-refractivity contribution in [1.82, 2.24) is 0 Å². The van der Waals surface area contributed by atoms with Crippen molar-refractivity contribution in [2.24, 2.45) is 4.99 Å². The topological polar surface area (TPSA) is 15.6 Å². The summed E-state index contributed by atoms with van der Waals surface area (Å²) in [4.78, 5) is 7.44. The van der Waals surface area contributed by atoms with Gasteiger partial charge >= 0.3 is 153 Å². The average Bonchev–Trinajstić information content (AvgIpc) is 2.56. The van der Waals surface area contributed by atoms with E-state index < -0.39 is 0 Å². The molecule has 0 N–H and O–H groups in total. The maximum absolute atomic E-state index is 5.10. The van der Waals surface area contributed by atoms with Crippen molar-refractivity contribution >= 4 is 31.1 Å². The first-order valence-corrected chi connectivity index (χ1v) is 10.7. The van der Waals surface area contributed by atoms with Crippen LogP contribution in [0.5, 0.6) is 0 Å². The van der Waals surface area contributed by atoms with E-state index in [1.807, 2.05) is 0 Å². The van der Waals surface area contributed by atoms with Gasteiger partial charge in [-0.15, -0.1) is 0 Å². The van der Waals surface area contributed by atoms with Gasteiger partial charge in [0.15, 0.2) is 0 Å². The summed E-state index contributed by atoms with van der Waals surface area (Å²) in [5, 5.41) is 1.23. The molecule has 0 aliphatic carbocycles. The summed E-state index contributed by atoms with van der Waals surface area (Å²) in [7, 11) is 0. The molecule has 2 nitrogen and oxygen atoms in total. The van der Waals surface area contributed by atoms with Gasteiger partial charge in [-0.2, -0.15) is 0 Å². The van der Waals surface area contributed by atoms with Crippen LogP contribution in [0.4, 0.5) is 11.4 Å². The van der Waals surface area contributed by atoms with Crippen molar-refractivity contribution in [3.05, 3.63) is 60.7 Å². The molecule has 2 aromatic carbocycles. The molecule has 0 aliphatic heterocycles. The van der Waals surface area contributed by atoms with E-state index in [9.17, 15) is 0 Å². The number of unbranched alkanes of at least 4 members (excludes halogenated alkanes) is 1. The van der Waals surface area contributed by atoms with Crippen LogP contribution in [0.2, 0.25) is 5.32 Å². The molecule has 0 saturated heterocycles. The van der Waals surface area contributed by atoms with Gasteiger partial charge in [0, 0.05) is 0 Å². The Bertz CT molecular complexity index is 590. The fourth-order valence-electron chi connectivity index (χ4n) is 2.27. The summed E-state index contributed by atoms with van der Waals surface area (Å²) in [5.41, 5.74) is 2.29. The second-order valence-electron chi connectivity index (χ2n) is 6.77. The Kier molecular flexibility index (Phi) is 7.08. The Morgan fingerprint density at radius 1 is 0.917 bits per heavy atom. The number of benzene rings is 2. The van der Waals surface area contributed by atoms with Gasteiger partial charge in [-0.25, -0.2) is 0 Å². The summed E-state index contributed by atoms with van der Waals surface area (Å²) >= 11 is 0.356. The molecule has 3 heteroatoms. The zero-order valence-electron chi connectivity index (χ0n) is 15.2. The molecule has 0 atom stereocenters. The first kappa shape index (κ1) is 18.8. The normalized spacial score (nSPS) is 12.2. The van der Waals surface area contributed by atoms with Gasteiger partial charge < -0.3 is 0 Å². The number of amidine groups is 1. The van der Waals surface area contributed by atoms with E-state index in [4.69, 9.17) is 4.99 Å². The molecule has 0 unspecified atom stereocenters. The van der Waals surface area contributed by atoms with Crippen molar-refractivity contribution < 1.29 is 0 Å². The van der Waals surface area contributed by atoms with Gasteiger partial charge in [-0.1, -0.05) is 0 Å². The third-order valence-corrected chi connectivity index (χ3v) is 5.53. The monoisotopic (exact) mass is 388 g/mol. The molecule has 0 spiro atoms. The summed E-state index contributed by atoms with van der Waals surface area (Å²) < 4.78 is 1.21. The van der Waals surface area contributed by atoms with E-state index in [0.29, 0.717) is 15.0 Å². The number of hydrogen-bond donors (Lipinski definition) is 0. The van der Waals surface area contributed by atoms with Crippen LogP contribution in [-0.4, -0.2) is 25.2 Å². The number of nitrogens with zero attached hydrogens (tertiary/aromatic N) is 2. The molecule has 2 aromatic rings. The van der Waals surface area contributed by atoms with Crippen LogP contribution in [-0.2, 0) is 0 Å². The van der Waals surface area contributed by atoms with Crippen LogP contribution in [0, 0.1) is 0 Å². The molecule has 0 aromatic heterocycles. The summed E-state index contributed by atoms with van der Waals surface area (Å²) in [5.74, 6) is 0. The SMILES string of the molecule is CCCC[Se]C(=NC(C)(C)C)N(c1ccccc1)c1ccccc1. The van der Waals surface area contributed by atoms with Crippen molar-refractivity contribution in [1.29, 1.82) is 0 Å². The zero-order valence-corrected chi connectivity index (χ0v) is 16.9.